The van der Waals surface area contributed by atoms with Gasteiger partial charge >= 0.3 is 0 Å². The van der Waals surface area contributed by atoms with Gasteiger partial charge in [0.05, 0.1) is 0 Å². The van der Waals surface area contributed by atoms with E-state index in [0.717, 1.165) is 0 Å². The summed E-state index contributed by atoms with van der Waals surface area (Å²) in [4.78, 5) is 3.66. The summed E-state index contributed by atoms with van der Waals surface area (Å²) in [5.41, 5.74) is 5.15. The van der Waals surface area contributed by atoms with Crippen LogP contribution in [0.4, 0.5) is 4.39 Å². The number of nitrogens with zero attached hydrogens (tertiary/aromatic N) is 1. The Labute approximate surface area is 64.0 Å². The van der Waals surface area contributed by atoms with Crippen molar-refractivity contribution in [2.75, 3.05) is 13.2 Å². The number of rotatable bonds is 3. The average molecular weight is 156 g/mol. The van der Waals surface area contributed by atoms with Crippen LogP contribution in [-0.4, -0.2) is 18.1 Å². The van der Waals surface area contributed by atoms with Gasteiger partial charge < -0.3 is 10.5 Å². The molecular formula is C7H9FN2O. The molecule has 0 spiro atoms. The van der Waals surface area contributed by atoms with E-state index in [-0.39, 0.29) is 12.5 Å². The third kappa shape index (κ3) is 2.16. The number of nitrogens with two attached hydrogens (primary N) is 1. The smallest absolute Gasteiger partial charge is 0.250 e. The zero-order valence-electron chi connectivity index (χ0n) is 5.96. The molecule has 0 unspecified atom stereocenters. The van der Waals surface area contributed by atoms with Gasteiger partial charge in [-0.15, -0.1) is 0 Å². The van der Waals surface area contributed by atoms with E-state index in [9.17, 15) is 4.39 Å². The Morgan fingerprint density at radius 1 is 1.64 bits per heavy atom. The maximum absolute atomic E-state index is 12.7. The molecule has 0 radical (unpaired) electrons. The third-order valence-electron chi connectivity index (χ3n) is 1.08. The minimum Gasteiger partial charge on any atom is -0.474 e. The molecule has 0 fully saturated rings. The molecule has 0 atom stereocenters. The van der Waals surface area contributed by atoms with Crippen molar-refractivity contribution in [3.63, 3.8) is 0 Å². The molecule has 0 aliphatic carbocycles. The Morgan fingerprint density at radius 3 is 3.09 bits per heavy atom. The van der Waals surface area contributed by atoms with Crippen LogP contribution in [0.2, 0.25) is 0 Å². The van der Waals surface area contributed by atoms with Crippen LogP contribution in [0.25, 0.3) is 0 Å². The Hall–Kier alpha value is -1.16. The van der Waals surface area contributed by atoms with Crippen LogP contribution in [0, 0.1) is 5.82 Å². The van der Waals surface area contributed by atoms with Crippen molar-refractivity contribution in [2.45, 2.75) is 0 Å². The lowest BCUT2D eigenvalue weighted by atomic mass is 10.5. The van der Waals surface area contributed by atoms with Gasteiger partial charge in [0, 0.05) is 12.7 Å². The Morgan fingerprint density at radius 2 is 2.45 bits per heavy atom. The molecule has 0 saturated heterocycles. The van der Waals surface area contributed by atoms with Gasteiger partial charge in [-0.3, -0.25) is 0 Å². The summed E-state index contributed by atoms with van der Waals surface area (Å²) in [6.45, 7) is 0.643. The first kappa shape index (κ1) is 7.94. The maximum Gasteiger partial charge on any atom is 0.250 e. The quantitative estimate of drug-likeness (QED) is 0.695. The summed E-state index contributed by atoms with van der Waals surface area (Å²) in [6, 6.07) is 2.80. The summed E-state index contributed by atoms with van der Waals surface area (Å²) in [6.07, 6.45) is 1.47. The summed E-state index contributed by atoms with van der Waals surface area (Å²) in [7, 11) is 0. The van der Waals surface area contributed by atoms with Crippen LogP contribution in [0.15, 0.2) is 18.3 Å². The molecule has 1 heterocycles. The van der Waals surface area contributed by atoms with Crippen LogP contribution in [0.3, 0.4) is 0 Å². The second-order valence-electron chi connectivity index (χ2n) is 1.93. The first-order chi connectivity index (χ1) is 5.34. The van der Waals surface area contributed by atoms with Crippen LogP contribution in [0.1, 0.15) is 0 Å². The molecule has 1 rings (SSSR count). The van der Waals surface area contributed by atoms with Gasteiger partial charge in [0.15, 0.2) is 5.82 Å². The van der Waals surface area contributed by atoms with E-state index in [4.69, 9.17) is 10.5 Å². The molecule has 0 aliphatic heterocycles. The van der Waals surface area contributed by atoms with E-state index >= 15 is 0 Å². The molecule has 2 N–H and O–H groups in total. The summed E-state index contributed by atoms with van der Waals surface area (Å²) >= 11 is 0. The van der Waals surface area contributed by atoms with Crippen molar-refractivity contribution in [1.82, 2.24) is 4.98 Å². The number of pyridine rings is 1. The highest BCUT2D eigenvalue weighted by Gasteiger charge is 2.00. The Kier molecular flexibility index (Phi) is 2.80. The number of hydrogen-bond acceptors (Lipinski definition) is 3. The fourth-order valence-corrected chi connectivity index (χ4v) is 0.633. The number of ether oxygens (including phenoxy) is 1. The van der Waals surface area contributed by atoms with Crippen LogP contribution in [-0.2, 0) is 0 Å². The van der Waals surface area contributed by atoms with Gasteiger partial charge in [-0.05, 0) is 12.1 Å². The molecule has 0 amide bonds. The molecule has 0 aliphatic rings. The van der Waals surface area contributed by atoms with Gasteiger partial charge in [0.2, 0.25) is 5.88 Å². The number of aromatic nitrogens is 1. The molecule has 1 aromatic rings. The molecule has 11 heavy (non-hydrogen) atoms. The zero-order chi connectivity index (χ0) is 8.10. The molecule has 0 bridgehead atoms. The summed E-state index contributed by atoms with van der Waals surface area (Å²) < 4.78 is 17.6. The highest BCUT2D eigenvalue weighted by Crippen LogP contribution is 2.10. The molecular weight excluding hydrogens is 147 g/mol. The van der Waals surface area contributed by atoms with Crippen LogP contribution in [0.5, 0.6) is 5.88 Å². The van der Waals surface area contributed by atoms with Crippen molar-refractivity contribution < 1.29 is 9.13 Å². The maximum atomic E-state index is 12.7. The van der Waals surface area contributed by atoms with Crippen LogP contribution >= 0.6 is 0 Å². The summed E-state index contributed by atoms with van der Waals surface area (Å²) in [5, 5.41) is 0. The predicted octanol–water partition coefficient (Wildman–Crippen LogP) is 0.558. The zero-order valence-corrected chi connectivity index (χ0v) is 5.96. The molecule has 4 heteroatoms. The van der Waals surface area contributed by atoms with E-state index in [1.54, 1.807) is 0 Å². The van der Waals surface area contributed by atoms with Crippen LogP contribution < -0.4 is 10.5 Å². The third-order valence-corrected chi connectivity index (χ3v) is 1.08. The minimum atomic E-state index is -0.457. The van der Waals surface area contributed by atoms with E-state index in [0.29, 0.717) is 6.54 Å². The fourth-order valence-electron chi connectivity index (χ4n) is 0.633. The van der Waals surface area contributed by atoms with E-state index in [1.165, 1.54) is 18.3 Å². The first-order valence-electron chi connectivity index (χ1n) is 3.28. The van der Waals surface area contributed by atoms with E-state index in [1.807, 2.05) is 0 Å². The lowest BCUT2D eigenvalue weighted by Gasteiger charge is -2.02. The second kappa shape index (κ2) is 3.88. The molecule has 3 nitrogen and oxygen atoms in total. The number of hydrogen-bond donors (Lipinski definition) is 1. The van der Waals surface area contributed by atoms with Gasteiger partial charge in [-0.2, -0.15) is 0 Å². The van der Waals surface area contributed by atoms with Crippen molar-refractivity contribution in [2.24, 2.45) is 5.73 Å². The van der Waals surface area contributed by atoms with E-state index < -0.39 is 5.82 Å². The Balaban J connectivity index is 2.62. The van der Waals surface area contributed by atoms with Gasteiger partial charge in [0.1, 0.15) is 6.61 Å². The Bertz CT molecular complexity index is 229. The van der Waals surface area contributed by atoms with E-state index in [2.05, 4.69) is 4.98 Å². The van der Waals surface area contributed by atoms with Gasteiger partial charge in [-0.1, -0.05) is 0 Å². The molecule has 1 aromatic heterocycles. The highest BCUT2D eigenvalue weighted by molar-refractivity contribution is 5.12. The lowest BCUT2D eigenvalue weighted by Crippen LogP contribution is -2.11. The summed E-state index contributed by atoms with van der Waals surface area (Å²) in [5.74, 6) is -0.445. The monoisotopic (exact) mass is 156 g/mol. The second-order valence-corrected chi connectivity index (χ2v) is 1.93. The lowest BCUT2D eigenvalue weighted by molar-refractivity contribution is 0.297. The predicted molar refractivity (Wildman–Crippen MR) is 38.7 cm³/mol. The SMILES string of the molecule is NCCOc1ncccc1F. The molecule has 0 saturated carbocycles. The fraction of sp³-hybridized carbons (Fsp3) is 0.286. The minimum absolute atomic E-state index is 0.0120. The van der Waals surface area contributed by atoms with Crippen molar-refractivity contribution in [3.05, 3.63) is 24.1 Å². The van der Waals surface area contributed by atoms with Crippen molar-refractivity contribution in [3.8, 4) is 5.88 Å². The first-order valence-corrected chi connectivity index (χ1v) is 3.28. The van der Waals surface area contributed by atoms with Gasteiger partial charge in [-0.25, -0.2) is 9.37 Å². The van der Waals surface area contributed by atoms with Gasteiger partial charge in [0.25, 0.3) is 0 Å². The topological polar surface area (TPSA) is 48.1 Å². The molecule has 60 valence electrons. The largest absolute Gasteiger partial charge is 0.474 e. The standard InChI is InChI=1S/C7H9FN2O/c8-6-2-1-4-10-7(6)11-5-3-9/h1-2,4H,3,5,9H2. The van der Waals surface area contributed by atoms with Crippen molar-refractivity contribution >= 4 is 0 Å². The van der Waals surface area contributed by atoms with Crippen molar-refractivity contribution in [1.29, 1.82) is 0 Å². The highest BCUT2D eigenvalue weighted by atomic mass is 19.1. The normalized spacial score (nSPS) is 9.64. The molecule has 0 aromatic carbocycles. The average Bonchev–Trinajstić information content (AvgIpc) is 2.03. The number of halogens is 1.